The van der Waals surface area contributed by atoms with E-state index in [4.69, 9.17) is 0 Å². The predicted octanol–water partition coefficient (Wildman–Crippen LogP) is 3.73. The summed E-state index contributed by atoms with van der Waals surface area (Å²) in [6.45, 7) is 0.729. The van der Waals surface area contributed by atoms with Gasteiger partial charge in [0.25, 0.3) is 0 Å². The molecule has 0 spiro atoms. The highest BCUT2D eigenvalue weighted by atomic mass is 32.2. The molecule has 0 atom stereocenters. The Hall–Kier alpha value is -2.50. The van der Waals surface area contributed by atoms with Crippen molar-refractivity contribution in [2.75, 3.05) is 31.1 Å². The predicted molar refractivity (Wildman–Crippen MR) is 108 cm³/mol. The van der Waals surface area contributed by atoms with E-state index in [1.165, 1.54) is 12.1 Å². The third kappa shape index (κ3) is 4.05. The minimum atomic E-state index is -4.74. The Bertz CT molecular complexity index is 1110. The Morgan fingerprint density at radius 2 is 1.63 bits per heavy atom. The van der Waals surface area contributed by atoms with E-state index in [0.29, 0.717) is 18.9 Å². The first kappa shape index (κ1) is 20.8. The third-order valence-electron chi connectivity index (χ3n) is 4.80. The molecule has 1 aliphatic rings. The van der Waals surface area contributed by atoms with Gasteiger partial charge in [-0.05, 0) is 35.7 Å². The lowest BCUT2D eigenvalue weighted by Gasteiger charge is -2.34. The summed E-state index contributed by atoms with van der Waals surface area (Å²) in [6, 6.07) is 11.8. The molecule has 1 fully saturated rings. The molecular weight excluding hydrogens is 437 g/mol. The van der Waals surface area contributed by atoms with E-state index in [1.807, 2.05) is 34.5 Å². The molecule has 11 heteroatoms. The fraction of sp³-hybridized carbons (Fsp3) is 0.263. The van der Waals surface area contributed by atoms with Crippen LogP contribution in [0.5, 0.6) is 0 Å². The summed E-state index contributed by atoms with van der Waals surface area (Å²) in [5.74, 6) is 0.600. The molecular formula is C19H17F3N4O2S2. The summed E-state index contributed by atoms with van der Waals surface area (Å²) in [6.07, 6.45) is -4.74. The first-order valence-corrected chi connectivity index (χ1v) is 11.4. The number of benzene rings is 1. The van der Waals surface area contributed by atoms with Gasteiger partial charge < -0.3 is 4.90 Å². The molecule has 0 saturated carbocycles. The second-order valence-electron chi connectivity index (χ2n) is 6.64. The molecule has 1 aromatic carbocycles. The molecule has 0 unspecified atom stereocenters. The van der Waals surface area contributed by atoms with E-state index in [1.54, 1.807) is 11.3 Å². The molecule has 30 heavy (non-hydrogen) atoms. The number of alkyl halides is 3. The molecule has 2 aromatic heterocycles. The average molecular weight is 454 g/mol. The SMILES string of the molecule is O=S(=O)(c1ccccc1C(F)(F)F)N1CCN(c2ccc(-c3cccs3)nn2)CC1. The molecule has 3 heterocycles. The molecule has 6 nitrogen and oxygen atoms in total. The van der Waals surface area contributed by atoms with Crippen LogP contribution >= 0.6 is 11.3 Å². The summed E-state index contributed by atoms with van der Waals surface area (Å²) in [4.78, 5) is 2.15. The highest BCUT2D eigenvalue weighted by molar-refractivity contribution is 7.89. The molecule has 4 rings (SSSR count). The number of nitrogens with zero attached hydrogens (tertiary/aromatic N) is 4. The van der Waals surface area contributed by atoms with E-state index in [0.717, 1.165) is 27.0 Å². The van der Waals surface area contributed by atoms with Gasteiger partial charge in [0, 0.05) is 26.2 Å². The van der Waals surface area contributed by atoms with E-state index >= 15 is 0 Å². The Kier molecular flexibility index (Phi) is 5.51. The van der Waals surface area contributed by atoms with E-state index in [9.17, 15) is 21.6 Å². The van der Waals surface area contributed by atoms with Crippen molar-refractivity contribution in [1.29, 1.82) is 0 Å². The van der Waals surface area contributed by atoms with Crippen molar-refractivity contribution >= 4 is 27.2 Å². The maximum absolute atomic E-state index is 13.3. The average Bonchev–Trinajstić information content (AvgIpc) is 3.28. The van der Waals surface area contributed by atoms with Crippen molar-refractivity contribution in [3.8, 4) is 10.6 Å². The van der Waals surface area contributed by atoms with Crippen LogP contribution in [0, 0.1) is 0 Å². The van der Waals surface area contributed by atoms with Crippen LogP contribution in [0.15, 0.2) is 58.8 Å². The highest BCUT2D eigenvalue weighted by Crippen LogP contribution is 2.35. The van der Waals surface area contributed by atoms with Gasteiger partial charge in [0.05, 0.1) is 15.3 Å². The zero-order valence-electron chi connectivity index (χ0n) is 15.6. The fourth-order valence-electron chi connectivity index (χ4n) is 3.27. The lowest BCUT2D eigenvalue weighted by atomic mass is 10.2. The van der Waals surface area contributed by atoms with Crippen LogP contribution in [-0.2, 0) is 16.2 Å². The Morgan fingerprint density at radius 3 is 2.23 bits per heavy atom. The molecule has 0 aliphatic carbocycles. The first-order valence-electron chi connectivity index (χ1n) is 9.06. The van der Waals surface area contributed by atoms with E-state index < -0.39 is 26.7 Å². The number of rotatable bonds is 4. The maximum Gasteiger partial charge on any atom is 0.417 e. The van der Waals surface area contributed by atoms with Crippen molar-refractivity contribution in [2.24, 2.45) is 0 Å². The second kappa shape index (κ2) is 7.97. The Balaban J connectivity index is 1.48. The quantitative estimate of drug-likeness (QED) is 0.601. The molecule has 1 saturated heterocycles. The maximum atomic E-state index is 13.3. The number of piperazine rings is 1. The van der Waals surface area contributed by atoms with Crippen LogP contribution in [0.25, 0.3) is 10.6 Å². The summed E-state index contributed by atoms with van der Waals surface area (Å²) in [7, 11) is -4.27. The van der Waals surface area contributed by atoms with E-state index in [-0.39, 0.29) is 13.1 Å². The topological polar surface area (TPSA) is 66.4 Å². The molecule has 158 valence electrons. The summed E-state index contributed by atoms with van der Waals surface area (Å²) < 4.78 is 66.6. The van der Waals surface area contributed by atoms with Crippen LogP contribution in [0.3, 0.4) is 0 Å². The molecule has 1 aliphatic heterocycles. The fourth-order valence-corrected chi connectivity index (χ4v) is 5.60. The minimum absolute atomic E-state index is 0.0584. The monoisotopic (exact) mass is 454 g/mol. The summed E-state index contributed by atoms with van der Waals surface area (Å²) in [5, 5.41) is 10.4. The molecule has 0 amide bonds. The number of thiophene rings is 1. The van der Waals surface area contributed by atoms with Crippen molar-refractivity contribution < 1.29 is 21.6 Å². The molecule has 0 N–H and O–H groups in total. The van der Waals surface area contributed by atoms with Crippen LogP contribution < -0.4 is 4.90 Å². The number of aromatic nitrogens is 2. The third-order valence-corrected chi connectivity index (χ3v) is 7.65. The second-order valence-corrected chi connectivity index (χ2v) is 9.49. The standard InChI is InChI=1S/C19H17F3N4O2S2/c20-19(21,22)14-4-1-2-6-17(14)30(27,28)26-11-9-25(10-12-26)18-8-7-15(23-24-18)16-5-3-13-29-16/h1-8,13H,9-12H2. The van der Waals surface area contributed by atoms with Gasteiger partial charge in [0.15, 0.2) is 5.82 Å². The highest BCUT2D eigenvalue weighted by Gasteiger charge is 2.39. The van der Waals surface area contributed by atoms with Gasteiger partial charge in [-0.3, -0.25) is 0 Å². The molecule has 0 bridgehead atoms. The Morgan fingerprint density at radius 1 is 0.900 bits per heavy atom. The van der Waals surface area contributed by atoms with Crippen molar-refractivity contribution in [1.82, 2.24) is 14.5 Å². The minimum Gasteiger partial charge on any atom is -0.352 e. The van der Waals surface area contributed by atoms with E-state index in [2.05, 4.69) is 10.2 Å². The number of anilines is 1. The van der Waals surface area contributed by atoms with Gasteiger partial charge in [-0.2, -0.15) is 17.5 Å². The zero-order valence-corrected chi connectivity index (χ0v) is 17.2. The van der Waals surface area contributed by atoms with Crippen LogP contribution in [0.2, 0.25) is 0 Å². The summed E-state index contributed by atoms with van der Waals surface area (Å²) in [5.41, 5.74) is -0.402. The van der Waals surface area contributed by atoms with Gasteiger partial charge in [-0.1, -0.05) is 18.2 Å². The van der Waals surface area contributed by atoms with Gasteiger partial charge in [0.1, 0.15) is 5.69 Å². The largest absolute Gasteiger partial charge is 0.417 e. The number of hydrogen-bond acceptors (Lipinski definition) is 6. The van der Waals surface area contributed by atoms with Gasteiger partial charge in [-0.15, -0.1) is 21.5 Å². The van der Waals surface area contributed by atoms with Gasteiger partial charge >= 0.3 is 6.18 Å². The molecule has 3 aromatic rings. The molecule has 0 radical (unpaired) electrons. The van der Waals surface area contributed by atoms with Gasteiger partial charge in [0.2, 0.25) is 10.0 Å². The number of sulfonamides is 1. The summed E-state index contributed by atoms with van der Waals surface area (Å²) >= 11 is 1.55. The van der Waals surface area contributed by atoms with Crippen molar-refractivity contribution in [3.05, 3.63) is 59.5 Å². The van der Waals surface area contributed by atoms with Crippen LogP contribution in [-0.4, -0.2) is 49.1 Å². The first-order chi connectivity index (χ1) is 14.3. The van der Waals surface area contributed by atoms with Crippen molar-refractivity contribution in [3.63, 3.8) is 0 Å². The van der Waals surface area contributed by atoms with Crippen LogP contribution in [0.1, 0.15) is 5.56 Å². The zero-order chi connectivity index (χ0) is 21.4. The van der Waals surface area contributed by atoms with Gasteiger partial charge in [-0.25, -0.2) is 8.42 Å². The normalized spacial score (nSPS) is 16.0. The smallest absolute Gasteiger partial charge is 0.352 e. The van der Waals surface area contributed by atoms with Crippen LogP contribution in [0.4, 0.5) is 19.0 Å². The Labute approximate surface area is 175 Å². The number of halogens is 3. The number of hydrogen-bond donors (Lipinski definition) is 0. The lowest BCUT2D eigenvalue weighted by molar-refractivity contribution is -0.139. The van der Waals surface area contributed by atoms with Crippen molar-refractivity contribution in [2.45, 2.75) is 11.1 Å². The lowest BCUT2D eigenvalue weighted by Crippen LogP contribution is -2.49.